The summed E-state index contributed by atoms with van der Waals surface area (Å²) in [6, 6.07) is 6.13. The molecule has 1 aromatic carbocycles. The quantitative estimate of drug-likeness (QED) is 0.366. The molecule has 1 saturated carbocycles. The van der Waals surface area contributed by atoms with E-state index in [0.29, 0.717) is 25.1 Å². The molecule has 2 atom stereocenters. The van der Waals surface area contributed by atoms with Gasteiger partial charge in [-0.25, -0.2) is 0 Å². The molecule has 7 nitrogen and oxygen atoms in total. The van der Waals surface area contributed by atoms with Crippen molar-refractivity contribution in [3.8, 4) is 0 Å². The van der Waals surface area contributed by atoms with E-state index in [4.69, 9.17) is 4.74 Å². The first-order valence-corrected chi connectivity index (χ1v) is 7.63. The van der Waals surface area contributed by atoms with Gasteiger partial charge in [-0.15, -0.1) is 0 Å². The van der Waals surface area contributed by atoms with E-state index in [-0.39, 0.29) is 17.5 Å². The van der Waals surface area contributed by atoms with Gasteiger partial charge in [-0.05, 0) is 24.8 Å². The van der Waals surface area contributed by atoms with E-state index in [2.05, 4.69) is 0 Å². The Morgan fingerprint density at radius 1 is 1.35 bits per heavy atom. The normalized spacial score (nSPS) is 26.0. The molecule has 1 amide bonds. The molecule has 0 radical (unpaired) electrons. The Balaban J connectivity index is 1.91. The number of nitro benzene ring substituents is 1. The molecule has 2 fully saturated rings. The highest BCUT2D eigenvalue weighted by molar-refractivity contribution is 6.07. The Morgan fingerprint density at radius 3 is 2.65 bits per heavy atom. The van der Waals surface area contributed by atoms with Crippen LogP contribution in [0.5, 0.6) is 0 Å². The molecule has 7 heteroatoms. The van der Waals surface area contributed by atoms with Gasteiger partial charge in [0.15, 0.2) is 5.41 Å². The summed E-state index contributed by atoms with van der Waals surface area (Å²) in [4.78, 5) is 37.3. The first-order chi connectivity index (χ1) is 11.0. The van der Waals surface area contributed by atoms with E-state index in [1.54, 1.807) is 17.0 Å². The first-order valence-electron chi connectivity index (χ1n) is 7.63. The summed E-state index contributed by atoms with van der Waals surface area (Å²) in [5, 5.41) is 10.9. The lowest BCUT2D eigenvalue weighted by Crippen LogP contribution is -2.40. The van der Waals surface area contributed by atoms with Crippen LogP contribution in [0.2, 0.25) is 0 Å². The van der Waals surface area contributed by atoms with Gasteiger partial charge in [0.05, 0.1) is 12.0 Å². The van der Waals surface area contributed by atoms with Crippen LogP contribution >= 0.6 is 0 Å². The topological polar surface area (TPSA) is 89.8 Å². The van der Waals surface area contributed by atoms with Crippen LogP contribution in [0.1, 0.15) is 30.7 Å². The molecule has 3 rings (SSSR count). The summed E-state index contributed by atoms with van der Waals surface area (Å²) in [7, 11) is 1.27. The second kappa shape index (κ2) is 5.64. The highest BCUT2D eigenvalue weighted by Gasteiger charge is 2.68. The van der Waals surface area contributed by atoms with Crippen molar-refractivity contribution in [2.75, 3.05) is 20.2 Å². The average molecular weight is 318 g/mol. The minimum absolute atomic E-state index is 0.0400. The lowest BCUT2D eigenvalue weighted by Gasteiger charge is -2.22. The van der Waals surface area contributed by atoms with Crippen LogP contribution in [-0.2, 0) is 14.3 Å². The average Bonchev–Trinajstić information content (AvgIpc) is 3.09. The molecule has 0 N–H and O–H groups in total. The number of ether oxygens (including phenoxy) is 1. The van der Waals surface area contributed by atoms with Crippen LogP contribution < -0.4 is 0 Å². The fourth-order valence-electron chi connectivity index (χ4n) is 3.45. The van der Waals surface area contributed by atoms with Gasteiger partial charge in [-0.1, -0.05) is 12.1 Å². The number of carbonyl (C=O) groups excluding carboxylic acids is 2. The Kier molecular flexibility index (Phi) is 3.79. The maximum atomic E-state index is 12.8. The number of amides is 1. The number of esters is 1. The fraction of sp³-hybridized carbons (Fsp3) is 0.500. The Hall–Kier alpha value is -2.44. The number of benzene rings is 1. The third-order valence-corrected chi connectivity index (χ3v) is 4.77. The highest BCUT2D eigenvalue weighted by atomic mass is 16.6. The molecule has 23 heavy (non-hydrogen) atoms. The Bertz CT molecular complexity index is 668. The van der Waals surface area contributed by atoms with Gasteiger partial charge in [-0.2, -0.15) is 0 Å². The summed E-state index contributed by atoms with van der Waals surface area (Å²) in [5.74, 6) is -1.12. The molecule has 1 aliphatic heterocycles. The van der Waals surface area contributed by atoms with Crippen molar-refractivity contribution < 1.29 is 19.2 Å². The summed E-state index contributed by atoms with van der Waals surface area (Å²) in [5.41, 5.74) is -0.618. The van der Waals surface area contributed by atoms with Crippen molar-refractivity contribution in [1.82, 2.24) is 4.90 Å². The van der Waals surface area contributed by atoms with Gasteiger partial charge >= 0.3 is 5.97 Å². The van der Waals surface area contributed by atoms with Crippen molar-refractivity contribution in [2.45, 2.75) is 25.2 Å². The maximum absolute atomic E-state index is 12.8. The van der Waals surface area contributed by atoms with Crippen molar-refractivity contribution >= 4 is 17.6 Å². The van der Waals surface area contributed by atoms with Crippen LogP contribution in [0.15, 0.2) is 24.3 Å². The summed E-state index contributed by atoms with van der Waals surface area (Å²) >= 11 is 0. The molecule has 0 spiro atoms. The van der Waals surface area contributed by atoms with Crippen molar-refractivity contribution in [3.63, 3.8) is 0 Å². The molecule has 1 aromatic rings. The lowest BCUT2D eigenvalue weighted by atomic mass is 9.97. The minimum Gasteiger partial charge on any atom is -0.468 e. The third-order valence-electron chi connectivity index (χ3n) is 4.77. The minimum atomic E-state index is -1.21. The van der Waals surface area contributed by atoms with Gasteiger partial charge < -0.3 is 9.64 Å². The number of hydrogen-bond donors (Lipinski definition) is 0. The number of likely N-dealkylation sites (tertiary alicyclic amines) is 1. The lowest BCUT2D eigenvalue weighted by molar-refractivity contribution is -0.384. The van der Waals surface area contributed by atoms with E-state index in [9.17, 15) is 19.7 Å². The van der Waals surface area contributed by atoms with Crippen molar-refractivity contribution in [3.05, 3.63) is 39.9 Å². The van der Waals surface area contributed by atoms with Gasteiger partial charge in [-0.3, -0.25) is 19.7 Å². The number of non-ortho nitro benzene ring substituents is 1. The second-order valence-electron chi connectivity index (χ2n) is 6.07. The van der Waals surface area contributed by atoms with E-state index in [1.807, 2.05) is 0 Å². The van der Waals surface area contributed by atoms with Gasteiger partial charge in [0, 0.05) is 31.1 Å². The zero-order valence-electron chi connectivity index (χ0n) is 12.9. The van der Waals surface area contributed by atoms with Gasteiger partial charge in [0.25, 0.3) is 5.69 Å². The van der Waals surface area contributed by atoms with E-state index >= 15 is 0 Å². The number of carbonyl (C=O) groups is 2. The molecule has 0 unspecified atom stereocenters. The third kappa shape index (κ3) is 2.46. The Labute approximate surface area is 133 Å². The summed E-state index contributed by atoms with van der Waals surface area (Å²) in [6.45, 7) is 1.30. The number of rotatable bonds is 4. The van der Waals surface area contributed by atoms with Crippen molar-refractivity contribution in [1.29, 1.82) is 0 Å². The predicted molar refractivity (Wildman–Crippen MR) is 80.7 cm³/mol. The number of nitrogens with zero attached hydrogens (tertiary/aromatic N) is 2. The van der Waals surface area contributed by atoms with Gasteiger partial charge in [0.2, 0.25) is 5.91 Å². The summed E-state index contributed by atoms with van der Waals surface area (Å²) < 4.78 is 4.87. The van der Waals surface area contributed by atoms with E-state index < -0.39 is 16.3 Å². The number of hydrogen-bond acceptors (Lipinski definition) is 5. The molecule has 122 valence electrons. The van der Waals surface area contributed by atoms with E-state index in [0.717, 1.165) is 12.8 Å². The van der Waals surface area contributed by atoms with Crippen LogP contribution in [-0.4, -0.2) is 41.9 Å². The smallest absolute Gasteiger partial charge is 0.322 e. The standard InChI is InChI=1S/C16H18N2O5/c1-23-15(20)16(14(19)17-7-2-3-8-17)10-13(16)11-5-4-6-12(9-11)18(21)22/h4-6,9,13H,2-3,7-8,10H2,1H3/t13-,16-/m1/s1. The molecular formula is C16H18N2O5. The maximum Gasteiger partial charge on any atom is 0.322 e. The van der Waals surface area contributed by atoms with Crippen molar-refractivity contribution in [2.24, 2.45) is 5.41 Å². The molecule has 1 heterocycles. The number of methoxy groups -OCH3 is 1. The molecule has 0 aromatic heterocycles. The van der Waals surface area contributed by atoms with Crippen LogP contribution in [0.4, 0.5) is 5.69 Å². The molecular weight excluding hydrogens is 300 g/mol. The largest absolute Gasteiger partial charge is 0.468 e. The molecule has 2 aliphatic rings. The fourth-order valence-corrected chi connectivity index (χ4v) is 3.45. The highest BCUT2D eigenvalue weighted by Crippen LogP contribution is 2.61. The summed E-state index contributed by atoms with van der Waals surface area (Å²) in [6.07, 6.45) is 2.21. The second-order valence-corrected chi connectivity index (χ2v) is 6.07. The zero-order valence-corrected chi connectivity index (χ0v) is 12.9. The monoisotopic (exact) mass is 318 g/mol. The van der Waals surface area contributed by atoms with Crippen LogP contribution in [0.3, 0.4) is 0 Å². The predicted octanol–water partition coefficient (Wildman–Crippen LogP) is 1.86. The van der Waals surface area contributed by atoms with Crippen LogP contribution in [0.25, 0.3) is 0 Å². The SMILES string of the molecule is COC(=O)[C@]1(C(=O)N2CCCC2)C[C@@H]1c1cccc([N+](=O)[O-])c1. The number of nitro groups is 1. The first kappa shape index (κ1) is 15.5. The molecule has 0 bridgehead atoms. The van der Waals surface area contributed by atoms with Gasteiger partial charge in [0.1, 0.15) is 0 Å². The molecule has 1 saturated heterocycles. The van der Waals surface area contributed by atoms with E-state index in [1.165, 1.54) is 19.2 Å². The Morgan fingerprint density at radius 2 is 2.04 bits per heavy atom. The molecule has 1 aliphatic carbocycles. The van der Waals surface area contributed by atoms with Crippen LogP contribution in [0, 0.1) is 15.5 Å². The zero-order chi connectivity index (χ0) is 16.6.